The minimum Gasteiger partial charge on any atom is -0.481 e. The molecule has 0 fully saturated rings. The van der Waals surface area contributed by atoms with Gasteiger partial charge in [0.25, 0.3) is 0 Å². The minimum atomic E-state index is -0.943. The molecule has 2 aromatic rings. The Morgan fingerprint density at radius 3 is 2.78 bits per heavy atom. The van der Waals surface area contributed by atoms with Crippen molar-refractivity contribution in [2.45, 2.75) is 44.6 Å². The van der Waals surface area contributed by atoms with Crippen LogP contribution in [0.15, 0.2) is 16.5 Å². The summed E-state index contributed by atoms with van der Waals surface area (Å²) in [5.74, 6) is -0.337. The largest absolute Gasteiger partial charge is 0.481 e. The molecule has 3 rings (SSSR count). The van der Waals surface area contributed by atoms with E-state index in [0.29, 0.717) is 40.8 Å². The number of hydrogen-bond acceptors (Lipinski definition) is 3. The van der Waals surface area contributed by atoms with Crippen molar-refractivity contribution in [3.05, 3.63) is 33.5 Å². The predicted octanol–water partition coefficient (Wildman–Crippen LogP) is 5.17. The molecular formula is C17H18Cl2O4. The summed E-state index contributed by atoms with van der Waals surface area (Å²) in [4.78, 5) is 11.4. The molecule has 0 bridgehead atoms. The zero-order valence-corrected chi connectivity index (χ0v) is 14.3. The SMILES string of the molecule is CCCCC1(CC(=O)O)OCCc2c1oc1c(Cl)ccc(Cl)c21. The Morgan fingerprint density at radius 2 is 2.09 bits per heavy atom. The molecule has 0 amide bonds. The van der Waals surface area contributed by atoms with Crippen molar-refractivity contribution in [1.29, 1.82) is 0 Å². The zero-order valence-electron chi connectivity index (χ0n) is 12.8. The molecule has 1 N–H and O–H groups in total. The maximum Gasteiger partial charge on any atom is 0.306 e. The van der Waals surface area contributed by atoms with Crippen LogP contribution in [0.2, 0.25) is 10.0 Å². The topological polar surface area (TPSA) is 59.7 Å². The minimum absolute atomic E-state index is 0.130. The Labute approximate surface area is 144 Å². The van der Waals surface area contributed by atoms with Gasteiger partial charge in [0.05, 0.1) is 23.1 Å². The van der Waals surface area contributed by atoms with Crippen LogP contribution >= 0.6 is 23.2 Å². The number of rotatable bonds is 5. The lowest BCUT2D eigenvalue weighted by molar-refractivity contribution is -0.151. The molecule has 2 heterocycles. The maximum absolute atomic E-state index is 11.4. The smallest absolute Gasteiger partial charge is 0.306 e. The Kier molecular flexibility index (Phi) is 4.59. The van der Waals surface area contributed by atoms with Crippen molar-refractivity contribution in [3.8, 4) is 0 Å². The molecule has 0 saturated heterocycles. The second-order valence-electron chi connectivity index (χ2n) is 5.91. The first kappa shape index (κ1) is 16.6. The van der Waals surface area contributed by atoms with Gasteiger partial charge in [-0.05, 0) is 18.6 Å². The van der Waals surface area contributed by atoms with Crippen molar-refractivity contribution in [2.24, 2.45) is 0 Å². The number of furan rings is 1. The highest BCUT2D eigenvalue weighted by molar-refractivity contribution is 6.40. The van der Waals surface area contributed by atoms with Crippen molar-refractivity contribution in [1.82, 2.24) is 0 Å². The molecule has 0 spiro atoms. The van der Waals surface area contributed by atoms with Gasteiger partial charge in [-0.15, -0.1) is 0 Å². The standard InChI is InChI=1S/C17H18Cl2O4/c1-2-3-7-17(9-13(20)21)16-10(6-8-22-17)14-11(18)4-5-12(19)15(14)23-16/h4-5H,2-3,6-9H2,1H3,(H,20,21). The molecule has 4 nitrogen and oxygen atoms in total. The summed E-state index contributed by atoms with van der Waals surface area (Å²) in [6, 6.07) is 3.43. The molecule has 1 unspecified atom stereocenters. The maximum atomic E-state index is 11.4. The van der Waals surface area contributed by atoms with Crippen molar-refractivity contribution >= 4 is 40.1 Å². The van der Waals surface area contributed by atoms with E-state index in [4.69, 9.17) is 32.4 Å². The fourth-order valence-corrected chi connectivity index (χ4v) is 3.78. The summed E-state index contributed by atoms with van der Waals surface area (Å²) >= 11 is 12.6. The van der Waals surface area contributed by atoms with Gasteiger partial charge in [-0.3, -0.25) is 4.79 Å². The molecule has 1 aromatic heterocycles. The van der Waals surface area contributed by atoms with E-state index in [-0.39, 0.29) is 6.42 Å². The van der Waals surface area contributed by atoms with Crippen LogP contribution < -0.4 is 0 Å². The van der Waals surface area contributed by atoms with Crippen LogP contribution in [0.1, 0.15) is 43.9 Å². The number of carboxylic acids is 1. The summed E-state index contributed by atoms with van der Waals surface area (Å²) < 4.78 is 12.0. The van der Waals surface area contributed by atoms with Crippen molar-refractivity contribution in [2.75, 3.05) is 6.61 Å². The lowest BCUT2D eigenvalue weighted by atomic mass is 9.85. The molecular weight excluding hydrogens is 339 g/mol. The normalized spacial score (nSPS) is 20.7. The number of halogens is 2. The van der Waals surface area contributed by atoms with E-state index in [1.807, 2.05) is 0 Å². The highest BCUT2D eigenvalue weighted by atomic mass is 35.5. The molecule has 1 atom stereocenters. The van der Waals surface area contributed by atoms with Gasteiger partial charge < -0.3 is 14.3 Å². The Balaban J connectivity index is 2.22. The van der Waals surface area contributed by atoms with Gasteiger partial charge >= 0.3 is 5.97 Å². The Morgan fingerprint density at radius 1 is 1.35 bits per heavy atom. The van der Waals surface area contributed by atoms with Crippen LogP contribution in [0.3, 0.4) is 0 Å². The highest BCUT2D eigenvalue weighted by Crippen LogP contribution is 2.47. The van der Waals surface area contributed by atoms with Crippen molar-refractivity contribution < 1.29 is 19.1 Å². The third-order valence-electron chi connectivity index (χ3n) is 4.35. The number of hydrogen-bond donors (Lipinski definition) is 1. The lowest BCUT2D eigenvalue weighted by Gasteiger charge is -2.35. The average molecular weight is 357 g/mol. The van der Waals surface area contributed by atoms with Gasteiger partial charge in [0.2, 0.25) is 0 Å². The summed E-state index contributed by atoms with van der Waals surface area (Å²) in [6.07, 6.45) is 2.90. The monoisotopic (exact) mass is 356 g/mol. The van der Waals surface area contributed by atoms with Gasteiger partial charge in [0.1, 0.15) is 11.4 Å². The van der Waals surface area contributed by atoms with E-state index in [9.17, 15) is 9.90 Å². The molecule has 1 aliphatic heterocycles. The average Bonchev–Trinajstić information content (AvgIpc) is 2.91. The van der Waals surface area contributed by atoms with Crippen LogP contribution in [0.5, 0.6) is 0 Å². The van der Waals surface area contributed by atoms with E-state index in [1.54, 1.807) is 12.1 Å². The number of carboxylic acid groups (broad SMARTS) is 1. The lowest BCUT2D eigenvalue weighted by Crippen LogP contribution is -2.37. The summed E-state index contributed by atoms with van der Waals surface area (Å²) in [5.41, 5.74) is 0.498. The molecule has 23 heavy (non-hydrogen) atoms. The predicted molar refractivity (Wildman–Crippen MR) is 89.3 cm³/mol. The number of aliphatic carboxylic acids is 1. The molecule has 0 radical (unpaired) electrons. The van der Waals surface area contributed by atoms with Gasteiger partial charge in [-0.2, -0.15) is 0 Å². The second kappa shape index (κ2) is 6.34. The second-order valence-corrected chi connectivity index (χ2v) is 6.72. The molecule has 1 aromatic carbocycles. The van der Waals surface area contributed by atoms with Crippen molar-refractivity contribution in [3.63, 3.8) is 0 Å². The van der Waals surface area contributed by atoms with Gasteiger partial charge in [0.15, 0.2) is 5.58 Å². The summed E-state index contributed by atoms with van der Waals surface area (Å²) in [7, 11) is 0. The molecule has 124 valence electrons. The number of unbranched alkanes of at least 4 members (excludes halogenated alkanes) is 1. The first-order valence-corrected chi connectivity index (χ1v) is 8.49. The zero-order chi connectivity index (χ0) is 16.6. The van der Waals surface area contributed by atoms with Crippen LogP contribution in [0, 0.1) is 0 Å². The van der Waals surface area contributed by atoms with E-state index in [1.165, 1.54) is 0 Å². The fourth-order valence-electron chi connectivity index (χ4n) is 3.32. The number of benzene rings is 1. The number of ether oxygens (including phenoxy) is 1. The van der Waals surface area contributed by atoms with E-state index >= 15 is 0 Å². The number of fused-ring (bicyclic) bond motifs is 3. The highest BCUT2D eigenvalue weighted by Gasteiger charge is 2.44. The van der Waals surface area contributed by atoms with Crippen LogP contribution in [-0.2, 0) is 21.6 Å². The molecule has 1 aliphatic rings. The van der Waals surface area contributed by atoms with E-state index in [2.05, 4.69) is 6.92 Å². The Hall–Kier alpha value is -1.23. The van der Waals surface area contributed by atoms with E-state index in [0.717, 1.165) is 23.8 Å². The molecule has 6 heteroatoms. The quantitative estimate of drug-likeness (QED) is 0.802. The molecule has 0 aliphatic carbocycles. The summed E-state index contributed by atoms with van der Waals surface area (Å²) in [5, 5.41) is 11.2. The van der Waals surface area contributed by atoms with Crippen LogP contribution in [0.4, 0.5) is 0 Å². The van der Waals surface area contributed by atoms with Gasteiger partial charge in [-0.25, -0.2) is 0 Å². The first-order chi connectivity index (χ1) is 11.0. The fraction of sp³-hybridized carbons (Fsp3) is 0.471. The van der Waals surface area contributed by atoms with E-state index < -0.39 is 11.6 Å². The first-order valence-electron chi connectivity index (χ1n) is 7.74. The van der Waals surface area contributed by atoms with Gasteiger partial charge in [-0.1, -0.05) is 43.0 Å². The third-order valence-corrected chi connectivity index (χ3v) is 4.97. The number of carbonyl (C=O) groups is 1. The third kappa shape index (κ3) is 2.84. The van der Waals surface area contributed by atoms with Gasteiger partial charge in [0, 0.05) is 17.4 Å². The van der Waals surface area contributed by atoms with Crippen LogP contribution in [-0.4, -0.2) is 17.7 Å². The Bertz CT molecular complexity index is 753. The summed E-state index contributed by atoms with van der Waals surface area (Å²) in [6.45, 7) is 2.51. The molecule has 0 saturated carbocycles. The van der Waals surface area contributed by atoms with Crippen LogP contribution in [0.25, 0.3) is 11.0 Å².